The Kier molecular flexibility index (Phi) is 4.25. The summed E-state index contributed by atoms with van der Waals surface area (Å²) >= 11 is 0. The Labute approximate surface area is 132 Å². The van der Waals surface area contributed by atoms with Gasteiger partial charge in [0, 0.05) is 18.1 Å². The van der Waals surface area contributed by atoms with Crippen LogP contribution >= 0.6 is 0 Å². The highest BCUT2D eigenvalue weighted by Gasteiger charge is 2.04. The van der Waals surface area contributed by atoms with E-state index < -0.39 is 0 Å². The Bertz CT molecular complexity index is 771. The lowest BCUT2D eigenvalue weighted by Crippen LogP contribution is -2.15. The molecule has 3 heteroatoms. The lowest BCUT2D eigenvalue weighted by molar-refractivity contribution is 0.381. The highest BCUT2D eigenvalue weighted by atomic mass is 15.3. The van der Waals surface area contributed by atoms with E-state index in [1.54, 1.807) is 0 Å². The van der Waals surface area contributed by atoms with Gasteiger partial charge in [-0.1, -0.05) is 42.0 Å². The monoisotopic (exact) mass is 293 g/mol. The molecule has 0 aliphatic heterocycles. The predicted octanol–water partition coefficient (Wildman–Crippen LogP) is 3.96. The van der Waals surface area contributed by atoms with Crippen molar-refractivity contribution in [3.8, 4) is 11.1 Å². The predicted molar refractivity (Wildman–Crippen MR) is 93.1 cm³/mol. The van der Waals surface area contributed by atoms with E-state index in [2.05, 4.69) is 79.3 Å². The second-order valence-electron chi connectivity index (χ2n) is 6.19. The average Bonchev–Trinajstić information content (AvgIpc) is 2.88. The van der Waals surface area contributed by atoms with Gasteiger partial charge in [-0.25, -0.2) is 0 Å². The number of nitrogens with zero attached hydrogens (tertiary/aromatic N) is 3. The van der Waals surface area contributed by atoms with Crippen LogP contribution in [0.25, 0.3) is 22.0 Å². The van der Waals surface area contributed by atoms with Gasteiger partial charge in [-0.05, 0) is 51.2 Å². The Morgan fingerprint density at radius 3 is 2.64 bits per heavy atom. The maximum atomic E-state index is 4.72. The molecule has 0 aliphatic rings. The molecule has 0 amide bonds. The number of rotatable bonds is 5. The van der Waals surface area contributed by atoms with Crippen molar-refractivity contribution in [3.63, 3.8) is 0 Å². The van der Waals surface area contributed by atoms with Crippen molar-refractivity contribution in [3.05, 3.63) is 54.2 Å². The molecular weight excluding hydrogens is 270 g/mol. The first-order valence-corrected chi connectivity index (χ1v) is 7.81. The fourth-order valence-electron chi connectivity index (χ4n) is 2.73. The molecule has 2 aromatic carbocycles. The Morgan fingerprint density at radius 1 is 1.05 bits per heavy atom. The zero-order valence-corrected chi connectivity index (χ0v) is 13.6. The van der Waals surface area contributed by atoms with E-state index in [0.717, 1.165) is 25.0 Å². The van der Waals surface area contributed by atoms with Crippen LogP contribution < -0.4 is 0 Å². The van der Waals surface area contributed by atoms with Crippen LogP contribution in [0.5, 0.6) is 0 Å². The molecule has 0 unspecified atom stereocenters. The molecule has 0 atom stereocenters. The molecule has 0 bridgehead atoms. The summed E-state index contributed by atoms with van der Waals surface area (Å²) in [6.45, 7) is 4.18. The Hall–Kier alpha value is -2.13. The number of fused-ring (bicyclic) bond motifs is 1. The summed E-state index contributed by atoms with van der Waals surface area (Å²) in [5, 5.41) is 5.93. The van der Waals surface area contributed by atoms with Gasteiger partial charge in [0.05, 0.1) is 5.52 Å². The minimum Gasteiger partial charge on any atom is -0.309 e. The van der Waals surface area contributed by atoms with Gasteiger partial charge in [-0.15, -0.1) is 0 Å². The lowest BCUT2D eigenvalue weighted by Gasteiger charge is -2.08. The van der Waals surface area contributed by atoms with Gasteiger partial charge in [0.2, 0.25) is 0 Å². The molecule has 0 spiro atoms. The molecule has 3 aromatic rings. The Balaban J connectivity index is 1.84. The quantitative estimate of drug-likeness (QED) is 0.710. The van der Waals surface area contributed by atoms with Gasteiger partial charge >= 0.3 is 0 Å². The summed E-state index contributed by atoms with van der Waals surface area (Å²) in [4.78, 5) is 2.21. The van der Waals surface area contributed by atoms with E-state index >= 15 is 0 Å². The summed E-state index contributed by atoms with van der Waals surface area (Å²) in [6, 6.07) is 15.1. The van der Waals surface area contributed by atoms with Gasteiger partial charge in [-0.2, -0.15) is 5.10 Å². The van der Waals surface area contributed by atoms with E-state index in [9.17, 15) is 0 Å². The summed E-state index contributed by atoms with van der Waals surface area (Å²) in [5.41, 5.74) is 4.84. The van der Waals surface area contributed by atoms with E-state index in [1.807, 2.05) is 0 Å². The fourth-order valence-corrected chi connectivity index (χ4v) is 2.73. The molecule has 1 heterocycles. The highest BCUT2D eigenvalue weighted by molar-refractivity contribution is 5.84. The number of aryl methyl sites for hydroxylation is 2. The third-order valence-electron chi connectivity index (χ3n) is 3.90. The molecule has 0 fully saturated rings. The molecule has 22 heavy (non-hydrogen) atoms. The molecule has 0 saturated heterocycles. The highest BCUT2D eigenvalue weighted by Crippen LogP contribution is 2.24. The minimum absolute atomic E-state index is 0.965. The third-order valence-corrected chi connectivity index (χ3v) is 3.90. The van der Waals surface area contributed by atoms with Crippen LogP contribution in [-0.4, -0.2) is 35.3 Å². The van der Waals surface area contributed by atoms with Crippen molar-refractivity contribution in [2.45, 2.75) is 19.9 Å². The van der Waals surface area contributed by atoms with Gasteiger partial charge < -0.3 is 4.90 Å². The van der Waals surface area contributed by atoms with Crippen LogP contribution in [0, 0.1) is 6.92 Å². The van der Waals surface area contributed by atoms with Crippen LogP contribution in [-0.2, 0) is 6.54 Å². The first kappa shape index (κ1) is 14.8. The van der Waals surface area contributed by atoms with Crippen molar-refractivity contribution in [2.24, 2.45) is 0 Å². The van der Waals surface area contributed by atoms with Gasteiger partial charge in [0.15, 0.2) is 0 Å². The van der Waals surface area contributed by atoms with Gasteiger partial charge in [0.25, 0.3) is 0 Å². The second-order valence-corrected chi connectivity index (χ2v) is 6.19. The smallest absolute Gasteiger partial charge is 0.0929 e. The standard InChI is InChI=1S/C19H23N3/c1-15-6-4-7-16(12-15)17-8-9-18-14-22(20-19(18)13-17)11-5-10-21(2)3/h4,6-9,12-14H,5,10-11H2,1-3H3. The summed E-state index contributed by atoms with van der Waals surface area (Å²) < 4.78 is 2.06. The summed E-state index contributed by atoms with van der Waals surface area (Å²) in [6.07, 6.45) is 3.26. The SMILES string of the molecule is Cc1cccc(-c2ccc3cn(CCCN(C)C)nc3c2)c1. The summed E-state index contributed by atoms with van der Waals surface area (Å²) in [7, 11) is 4.21. The first-order valence-electron chi connectivity index (χ1n) is 7.81. The van der Waals surface area contributed by atoms with Crippen molar-refractivity contribution in [1.82, 2.24) is 14.7 Å². The van der Waals surface area contributed by atoms with E-state index in [0.29, 0.717) is 0 Å². The number of hydrogen-bond acceptors (Lipinski definition) is 2. The largest absolute Gasteiger partial charge is 0.309 e. The van der Waals surface area contributed by atoms with Crippen molar-refractivity contribution < 1.29 is 0 Å². The molecule has 0 aliphatic carbocycles. The van der Waals surface area contributed by atoms with Crippen LogP contribution in [0.4, 0.5) is 0 Å². The van der Waals surface area contributed by atoms with E-state index in [-0.39, 0.29) is 0 Å². The van der Waals surface area contributed by atoms with Crippen LogP contribution in [0.2, 0.25) is 0 Å². The molecule has 3 nitrogen and oxygen atoms in total. The number of hydrogen-bond donors (Lipinski definition) is 0. The van der Waals surface area contributed by atoms with Crippen molar-refractivity contribution >= 4 is 10.9 Å². The number of aromatic nitrogens is 2. The zero-order chi connectivity index (χ0) is 15.5. The molecule has 0 saturated carbocycles. The summed E-state index contributed by atoms with van der Waals surface area (Å²) in [5.74, 6) is 0. The third kappa shape index (κ3) is 3.37. The maximum Gasteiger partial charge on any atom is 0.0929 e. The topological polar surface area (TPSA) is 21.1 Å². The molecule has 114 valence electrons. The molecule has 0 N–H and O–H groups in total. The fraction of sp³-hybridized carbons (Fsp3) is 0.316. The molecule has 3 rings (SSSR count). The van der Waals surface area contributed by atoms with Crippen LogP contribution in [0.3, 0.4) is 0 Å². The molecular formula is C19H23N3. The van der Waals surface area contributed by atoms with Crippen LogP contribution in [0.15, 0.2) is 48.7 Å². The van der Waals surface area contributed by atoms with E-state index in [4.69, 9.17) is 5.10 Å². The van der Waals surface area contributed by atoms with Crippen molar-refractivity contribution in [2.75, 3.05) is 20.6 Å². The second kappa shape index (κ2) is 6.32. The normalized spacial score (nSPS) is 11.5. The minimum atomic E-state index is 0.965. The van der Waals surface area contributed by atoms with E-state index in [1.165, 1.54) is 22.1 Å². The molecule has 1 aromatic heterocycles. The lowest BCUT2D eigenvalue weighted by atomic mass is 10.0. The average molecular weight is 293 g/mol. The van der Waals surface area contributed by atoms with Gasteiger partial charge in [0.1, 0.15) is 0 Å². The van der Waals surface area contributed by atoms with Gasteiger partial charge in [-0.3, -0.25) is 4.68 Å². The molecule has 0 radical (unpaired) electrons. The van der Waals surface area contributed by atoms with Crippen LogP contribution in [0.1, 0.15) is 12.0 Å². The zero-order valence-electron chi connectivity index (χ0n) is 13.6. The first-order chi connectivity index (χ1) is 10.6. The maximum absolute atomic E-state index is 4.72. The Morgan fingerprint density at radius 2 is 1.86 bits per heavy atom. The number of benzene rings is 2. The van der Waals surface area contributed by atoms with Crippen molar-refractivity contribution in [1.29, 1.82) is 0 Å².